The molecule has 0 heterocycles. The molecule has 0 aliphatic rings. The first-order valence-corrected chi connectivity index (χ1v) is 7.37. The Hall–Kier alpha value is -0.730. The van der Waals surface area contributed by atoms with E-state index in [4.69, 9.17) is 27.9 Å². The largest absolute Gasteiger partial charge is 0.495 e. The quantitative estimate of drug-likeness (QED) is 0.630. The van der Waals surface area contributed by atoms with Crippen molar-refractivity contribution in [3.63, 3.8) is 0 Å². The molecular formula is C15H20Cl2O2. The lowest BCUT2D eigenvalue weighted by atomic mass is 9.89. The molecule has 0 N–H and O–H groups in total. The van der Waals surface area contributed by atoms with E-state index in [1.807, 2.05) is 0 Å². The van der Waals surface area contributed by atoms with E-state index in [2.05, 4.69) is 13.8 Å². The van der Waals surface area contributed by atoms with Crippen LogP contribution >= 0.6 is 23.2 Å². The zero-order valence-electron chi connectivity index (χ0n) is 11.6. The Bertz CT molecular complexity index is 438. The molecular weight excluding hydrogens is 283 g/mol. The van der Waals surface area contributed by atoms with Crippen molar-refractivity contribution in [2.75, 3.05) is 7.11 Å². The fourth-order valence-electron chi connectivity index (χ4n) is 2.20. The van der Waals surface area contributed by atoms with Crippen LogP contribution in [0, 0.1) is 5.92 Å². The van der Waals surface area contributed by atoms with Gasteiger partial charge in [0.05, 0.1) is 17.2 Å². The van der Waals surface area contributed by atoms with Gasteiger partial charge in [0, 0.05) is 11.5 Å². The van der Waals surface area contributed by atoms with Crippen LogP contribution < -0.4 is 4.74 Å². The monoisotopic (exact) mass is 302 g/mol. The molecule has 0 spiro atoms. The van der Waals surface area contributed by atoms with Crippen LogP contribution in [0.2, 0.25) is 10.0 Å². The molecule has 1 aromatic rings. The van der Waals surface area contributed by atoms with Crippen LogP contribution in [0.1, 0.15) is 49.9 Å². The summed E-state index contributed by atoms with van der Waals surface area (Å²) in [5.41, 5.74) is 0.509. The summed E-state index contributed by atoms with van der Waals surface area (Å²) < 4.78 is 5.15. The van der Waals surface area contributed by atoms with Gasteiger partial charge in [-0.3, -0.25) is 4.79 Å². The van der Waals surface area contributed by atoms with Gasteiger partial charge in [0.25, 0.3) is 0 Å². The molecule has 0 unspecified atom stereocenters. The molecule has 0 atom stereocenters. The second kappa shape index (κ2) is 7.76. The molecule has 4 heteroatoms. The summed E-state index contributed by atoms with van der Waals surface area (Å²) in [5.74, 6) is 0.600. The Labute approximate surface area is 125 Å². The van der Waals surface area contributed by atoms with Crippen LogP contribution in [0.15, 0.2) is 12.1 Å². The number of hydrogen-bond donors (Lipinski definition) is 0. The van der Waals surface area contributed by atoms with E-state index >= 15 is 0 Å². The molecule has 0 radical (unpaired) electrons. The lowest BCUT2D eigenvalue weighted by Crippen LogP contribution is -2.15. The predicted octanol–water partition coefficient (Wildman–Crippen LogP) is 5.40. The maximum atomic E-state index is 12.5. The lowest BCUT2D eigenvalue weighted by Gasteiger charge is -2.16. The second-order valence-corrected chi connectivity index (χ2v) is 5.42. The number of methoxy groups -OCH3 is 1. The second-order valence-electron chi connectivity index (χ2n) is 4.61. The highest BCUT2D eigenvalue weighted by atomic mass is 35.5. The molecule has 0 saturated carbocycles. The maximum Gasteiger partial charge on any atom is 0.167 e. The number of hydrogen-bond acceptors (Lipinski definition) is 2. The van der Waals surface area contributed by atoms with E-state index in [0.717, 1.165) is 25.7 Å². The average Bonchev–Trinajstić information content (AvgIpc) is 2.38. The summed E-state index contributed by atoms with van der Waals surface area (Å²) in [4.78, 5) is 12.5. The molecule has 0 aliphatic heterocycles. The number of benzene rings is 1. The number of carbonyl (C=O) groups excluding carboxylic acids is 1. The van der Waals surface area contributed by atoms with Gasteiger partial charge in [0.2, 0.25) is 0 Å². The Morgan fingerprint density at radius 1 is 1.16 bits per heavy atom. The molecule has 1 aromatic carbocycles. The summed E-state index contributed by atoms with van der Waals surface area (Å²) in [6.45, 7) is 4.17. The molecule has 0 amide bonds. The van der Waals surface area contributed by atoms with Crippen molar-refractivity contribution in [3.8, 4) is 5.75 Å². The first kappa shape index (κ1) is 16.3. The number of carbonyl (C=O) groups is 1. The number of ether oxygens (including phenoxy) is 1. The van der Waals surface area contributed by atoms with E-state index in [1.54, 1.807) is 12.1 Å². The van der Waals surface area contributed by atoms with Crippen molar-refractivity contribution in [1.82, 2.24) is 0 Å². The van der Waals surface area contributed by atoms with E-state index in [0.29, 0.717) is 21.4 Å². The molecule has 0 aromatic heterocycles. The van der Waals surface area contributed by atoms with E-state index in [-0.39, 0.29) is 11.7 Å². The number of rotatable bonds is 7. The van der Waals surface area contributed by atoms with Crippen LogP contribution in [0.3, 0.4) is 0 Å². The van der Waals surface area contributed by atoms with Gasteiger partial charge < -0.3 is 4.74 Å². The molecule has 2 nitrogen and oxygen atoms in total. The van der Waals surface area contributed by atoms with E-state index in [1.165, 1.54) is 7.11 Å². The SMILES string of the molecule is CCCC(CCC)C(=O)c1cc(OC)c(Cl)cc1Cl. The zero-order valence-corrected chi connectivity index (χ0v) is 13.1. The Kier molecular flexibility index (Phi) is 6.67. The van der Waals surface area contributed by atoms with Gasteiger partial charge in [-0.15, -0.1) is 0 Å². The standard InChI is InChI=1S/C15H20Cl2O2/c1-4-6-10(7-5-2)15(18)11-8-14(19-3)13(17)9-12(11)16/h8-10H,4-7H2,1-3H3. The van der Waals surface area contributed by atoms with Gasteiger partial charge in [0.15, 0.2) is 5.78 Å². The van der Waals surface area contributed by atoms with Crippen LogP contribution in [0.25, 0.3) is 0 Å². The lowest BCUT2D eigenvalue weighted by molar-refractivity contribution is 0.0904. The Morgan fingerprint density at radius 2 is 1.74 bits per heavy atom. The van der Waals surface area contributed by atoms with Crippen molar-refractivity contribution in [3.05, 3.63) is 27.7 Å². The highest BCUT2D eigenvalue weighted by molar-refractivity contribution is 6.37. The first-order chi connectivity index (χ1) is 9.04. The molecule has 1 rings (SSSR count). The molecule has 106 valence electrons. The number of halogens is 2. The minimum atomic E-state index is 0.0263. The van der Waals surface area contributed by atoms with Gasteiger partial charge >= 0.3 is 0 Å². The average molecular weight is 303 g/mol. The van der Waals surface area contributed by atoms with Crippen LogP contribution in [0.5, 0.6) is 5.75 Å². The molecule has 0 bridgehead atoms. The van der Waals surface area contributed by atoms with E-state index < -0.39 is 0 Å². The van der Waals surface area contributed by atoms with Crippen molar-refractivity contribution in [2.45, 2.75) is 39.5 Å². The normalized spacial score (nSPS) is 10.8. The van der Waals surface area contributed by atoms with E-state index in [9.17, 15) is 4.79 Å². The molecule has 0 aliphatic carbocycles. The number of Topliss-reactive ketones (excluding diaryl/α,β-unsaturated/α-hetero) is 1. The van der Waals surface area contributed by atoms with Crippen LogP contribution in [-0.4, -0.2) is 12.9 Å². The fourth-order valence-corrected chi connectivity index (χ4v) is 2.75. The van der Waals surface area contributed by atoms with Gasteiger partial charge in [-0.1, -0.05) is 49.9 Å². The summed E-state index contributed by atoms with van der Waals surface area (Å²) >= 11 is 12.1. The third-order valence-electron chi connectivity index (χ3n) is 3.15. The summed E-state index contributed by atoms with van der Waals surface area (Å²) in [6.07, 6.45) is 3.74. The Balaban J connectivity index is 3.09. The van der Waals surface area contributed by atoms with Gasteiger partial charge in [-0.05, 0) is 25.0 Å². The minimum absolute atomic E-state index is 0.0263. The maximum absolute atomic E-state index is 12.5. The topological polar surface area (TPSA) is 26.3 Å². The molecule has 0 saturated heterocycles. The smallest absolute Gasteiger partial charge is 0.167 e. The first-order valence-electron chi connectivity index (χ1n) is 6.62. The molecule has 19 heavy (non-hydrogen) atoms. The highest BCUT2D eigenvalue weighted by Crippen LogP contribution is 2.33. The number of ketones is 1. The third kappa shape index (κ3) is 4.12. The van der Waals surface area contributed by atoms with Gasteiger partial charge in [-0.25, -0.2) is 0 Å². The van der Waals surface area contributed by atoms with Crippen molar-refractivity contribution in [1.29, 1.82) is 0 Å². The third-order valence-corrected chi connectivity index (χ3v) is 3.76. The highest BCUT2D eigenvalue weighted by Gasteiger charge is 2.22. The Morgan fingerprint density at radius 3 is 2.21 bits per heavy atom. The minimum Gasteiger partial charge on any atom is -0.495 e. The van der Waals surface area contributed by atoms with Crippen molar-refractivity contribution in [2.24, 2.45) is 5.92 Å². The van der Waals surface area contributed by atoms with Gasteiger partial charge in [-0.2, -0.15) is 0 Å². The summed E-state index contributed by atoms with van der Waals surface area (Å²) in [6, 6.07) is 3.22. The molecule has 0 fully saturated rings. The van der Waals surface area contributed by atoms with Crippen molar-refractivity contribution < 1.29 is 9.53 Å². The van der Waals surface area contributed by atoms with Crippen LogP contribution in [0.4, 0.5) is 0 Å². The summed E-state index contributed by atoms with van der Waals surface area (Å²) in [5, 5.41) is 0.819. The van der Waals surface area contributed by atoms with Gasteiger partial charge in [0.1, 0.15) is 5.75 Å². The van der Waals surface area contributed by atoms with Crippen molar-refractivity contribution >= 4 is 29.0 Å². The van der Waals surface area contributed by atoms with Crippen LogP contribution in [-0.2, 0) is 0 Å². The predicted molar refractivity (Wildman–Crippen MR) is 80.7 cm³/mol. The fraction of sp³-hybridized carbons (Fsp3) is 0.533. The zero-order chi connectivity index (χ0) is 14.4. The summed E-state index contributed by atoms with van der Waals surface area (Å²) in [7, 11) is 1.53.